The van der Waals surface area contributed by atoms with Crippen LogP contribution < -0.4 is 5.32 Å². The molecule has 1 atom stereocenters. The molecule has 0 aromatic heterocycles. The van der Waals surface area contributed by atoms with Crippen LogP contribution >= 0.6 is 11.6 Å². The molecule has 0 unspecified atom stereocenters. The summed E-state index contributed by atoms with van der Waals surface area (Å²) < 4.78 is 37.7. The van der Waals surface area contributed by atoms with E-state index in [0.29, 0.717) is 11.3 Å². The number of hydrogen-bond donors (Lipinski definition) is 1. The molecule has 0 radical (unpaired) electrons. The maximum Gasteiger partial charge on any atom is 0.225 e. The highest BCUT2D eigenvalue weighted by atomic mass is 35.5. The van der Waals surface area contributed by atoms with E-state index in [0.717, 1.165) is 6.07 Å². The highest BCUT2D eigenvalue weighted by Crippen LogP contribution is 2.19. The SMILES string of the molecule is O=C(CC[S@@](=O)Cc1ccc(F)cc1Cl)Nc1ccc(F)cc1. The third kappa shape index (κ3) is 5.73. The lowest BCUT2D eigenvalue weighted by Crippen LogP contribution is -2.15. The van der Waals surface area contributed by atoms with Gasteiger partial charge in [-0.3, -0.25) is 9.00 Å². The number of halogens is 3. The molecule has 0 saturated carbocycles. The number of carbonyl (C=O) groups excluding carboxylic acids is 1. The first kappa shape index (κ1) is 17.6. The van der Waals surface area contributed by atoms with E-state index < -0.39 is 16.6 Å². The molecule has 7 heteroatoms. The van der Waals surface area contributed by atoms with Gasteiger partial charge in [-0.15, -0.1) is 0 Å². The van der Waals surface area contributed by atoms with Crippen LogP contribution in [0.15, 0.2) is 42.5 Å². The second-order valence-corrected chi connectivity index (χ2v) is 6.81. The normalized spacial score (nSPS) is 12.0. The van der Waals surface area contributed by atoms with Crippen LogP contribution in [0.4, 0.5) is 14.5 Å². The maximum absolute atomic E-state index is 12.9. The second kappa shape index (κ2) is 8.17. The first-order valence-electron chi connectivity index (χ1n) is 6.78. The van der Waals surface area contributed by atoms with Crippen LogP contribution in [0, 0.1) is 11.6 Å². The number of nitrogens with one attached hydrogen (secondary N) is 1. The van der Waals surface area contributed by atoms with Crippen LogP contribution in [-0.2, 0) is 21.3 Å². The molecule has 1 amide bonds. The van der Waals surface area contributed by atoms with E-state index in [-0.39, 0.29) is 34.7 Å². The predicted molar refractivity (Wildman–Crippen MR) is 87.8 cm³/mol. The minimum atomic E-state index is -1.30. The van der Waals surface area contributed by atoms with Crippen molar-refractivity contribution in [3.05, 3.63) is 64.7 Å². The molecule has 0 bridgehead atoms. The van der Waals surface area contributed by atoms with Gasteiger partial charge in [0.1, 0.15) is 11.6 Å². The molecule has 23 heavy (non-hydrogen) atoms. The summed E-state index contributed by atoms with van der Waals surface area (Å²) in [6.07, 6.45) is 0.0583. The Hall–Kier alpha value is -1.79. The van der Waals surface area contributed by atoms with Crippen LogP contribution in [-0.4, -0.2) is 15.9 Å². The topological polar surface area (TPSA) is 46.2 Å². The average Bonchev–Trinajstić information content (AvgIpc) is 2.50. The molecule has 0 fully saturated rings. The van der Waals surface area contributed by atoms with E-state index >= 15 is 0 Å². The summed E-state index contributed by atoms with van der Waals surface area (Å²) in [6.45, 7) is 0. The Bertz CT molecular complexity index is 723. The zero-order valence-corrected chi connectivity index (χ0v) is 13.6. The highest BCUT2D eigenvalue weighted by Gasteiger charge is 2.10. The zero-order valence-electron chi connectivity index (χ0n) is 12.0. The third-order valence-corrected chi connectivity index (χ3v) is 4.66. The van der Waals surface area contributed by atoms with E-state index in [1.807, 2.05) is 0 Å². The van der Waals surface area contributed by atoms with Gasteiger partial charge in [-0.1, -0.05) is 17.7 Å². The van der Waals surface area contributed by atoms with Crippen LogP contribution in [0.25, 0.3) is 0 Å². The zero-order chi connectivity index (χ0) is 16.8. The van der Waals surface area contributed by atoms with E-state index in [1.54, 1.807) is 0 Å². The number of hydrogen-bond acceptors (Lipinski definition) is 2. The maximum atomic E-state index is 12.9. The number of anilines is 1. The van der Waals surface area contributed by atoms with Gasteiger partial charge in [0.25, 0.3) is 0 Å². The lowest BCUT2D eigenvalue weighted by atomic mass is 10.2. The van der Waals surface area contributed by atoms with E-state index in [1.165, 1.54) is 36.4 Å². The standard InChI is InChI=1S/C16H14ClF2NO2S/c17-15-9-13(19)2-1-11(15)10-23(22)8-7-16(21)20-14-5-3-12(18)4-6-14/h1-6,9H,7-8,10H2,(H,20,21)/t23-/m1/s1. The molecule has 3 nitrogen and oxygen atoms in total. The minimum absolute atomic E-state index is 0.0583. The summed E-state index contributed by atoms with van der Waals surface area (Å²) in [6, 6.07) is 9.27. The van der Waals surface area contributed by atoms with Gasteiger partial charge in [-0.05, 0) is 42.0 Å². The molecule has 2 aromatic rings. The van der Waals surface area contributed by atoms with Crippen molar-refractivity contribution in [1.29, 1.82) is 0 Å². The summed E-state index contributed by atoms with van der Waals surface area (Å²) in [5, 5.41) is 2.81. The van der Waals surface area contributed by atoms with Crippen molar-refractivity contribution >= 4 is 34.0 Å². The van der Waals surface area contributed by atoms with E-state index in [2.05, 4.69) is 5.32 Å². The third-order valence-electron chi connectivity index (χ3n) is 3.02. The van der Waals surface area contributed by atoms with Gasteiger partial charge in [0.2, 0.25) is 5.91 Å². The van der Waals surface area contributed by atoms with Crippen molar-refractivity contribution in [3.63, 3.8) is 0 Å². The van der Waals surface area contributed by atoms with E-state index in [9.17, 15) is 17.8 Å². The van der Waals surface area contributed by atoms with Crippen molar-refractivity contribution in [3.8, 4) is 0 Å². The van der Waals surface area contributed by atoms with Crippen LogP contribution in [0.2, 0.25) is 5.02 Å². The summed E-state index contributed by atoms with van der Waals surface area (Å²) in [7, 11) is -1.30. The minimum Gasteiger partial charge on any atom is -0.326 e. The van der Waals surface area contributed by atoms with Crippen molar-refractivity contribution in [2.24, 2.45) is 0 Å². The molecule has 0 heterocycles. The van der Waals surface area contributed by atoms with Gasteiger partial charge in [0, 0.05) is 33.7 Å². The quantitative estimate of drug-likeness (QED) is 0.852. The molecular formula is C16H14ClF2NO2S. The van der Waals surface area contributed by atoms with Gasteiger partial charge >= 0.3 is 0 Å². The Balaban J connectivity index is 1.81. The molecule has 0 spiro atoms. The van der Waals surface area contributed by atoms with Gasteiger partial charge < -0.3 is 5.32 Å². The number of carbonyl (C=O) groups is 1. The largest absolute Gasteiger partial charge is 0.326 e. The van der Waals surface area contributed by atoms with Gasteiger partial charge in [-0.25, -0.2) is 8.78 Å². The first-order valence-corrected chi connectivity index (χ1v) is 8.65. The fourth-order valence-electron chi connectivity index (χ4n) is 1.85. The van der Waals surface area contributed by atoms with Gasteiger partial charge in [0.15, 0.2) is 0 Å². The molecule has 2 rings (SSSR count). The van der Waals surface area contributed by atoms with Crippen LogP contribution in [0.3, 0.4) is 0 Å². The molecule has 122 valence electrons. The Morgan fingerprint density at radius 3 is 2.39 bits per heavy atom. The predicted octanol–water partition coefficient (Wildman–Crippen LogP) is 3.90. The van der Waals surface area contributed by atoms with Crippen LogP contribution in [0.5, 0.6) is 0 Å². The monoisotopic (exact) mass is 357 g/mol. The molecule has 0 aliphatic heterocycles. The Morgan fingerprint density at radius 1 is 1.09 bits per heavy atom. The lowest BCUT2D eigenvalue weighted by Gasteiger charge is -2.06. The molecule has 0 saturated heterocycles. The fourth-order valence-corrected chi connectivity index (χ4v) is 3.32. The second-order valence-electron chi connectivity index (χ2n) is 4.83. The van der Waals surface area contributed by atoms with Crippen molar-refractivity contribution < 1.29 is 17.8 Å². The average molecular weight is 358 g/mol. The summed E-state index contributed by atoms with van der Waals surface area (Å²) in [4.78, 5) is 11.8. The molecule has 0 aliphatic rings. The highest BCUT2D eigenvalue weighted by molar-refractivity contribution is 7.84. The fraction of sp³-hybridized carbons (Fsp3) is 0.188. The Kier molecular flexibility index (Phi) is 6.24. The lowest BCUT2D eigenvalue weighted by molar-refractivity contribution is -0.115. The molecule has 2 aromatic carbocycles. The van der Waals surface area contributed by atoms with Crippen molar-refractivity contribution in [2.75, 3.05) is 11.1 Å². The molecular weight excluding hydrogens is 344 g/mol. The van der Waals surface area contributed by atoms with Gasteiger partial charge in [-0.2, -0.15) is 0 Å². The van der Waals surface area contributed by atoms with Gasteiger partial charge in [0.05, 0.1) is 5.75 Å². The summed E-state index contributed by atoms with van der Waals surface area (Å²) in [5.41, 5.74) is 1.05. The Morgan fingerprint density at radius 2 is 1.74 bits per heavy atom. The molecule has 0 aliphatic carbocycles. The summed E-state index contributed by atoms with van der Waals surface area (Å²) >= 11 is 5.87. The van der Waals surface area contributed by atoms with Crippen molar-refractivity contribution in [2.45, 2.75) is 12.2 Å². The van der Waals surface area contributed by atoms with Crippen LogP contribution in [0.1, 0.15) is 12.0 Å². The first-order chi connectivity index (χ1) is 10.9. The van der Waals surface area contributed by atoms with E-state index in [4.69, 9.17) is 11.6 Å². The van der Waals surface area contributed by atoms with Crippen molar-refractivity contribution in [1.82, 2.24) is 0 Å². The summed E-state index contributed by atoms with van der Waals surface area (Å²) in [5.74, 6) is -0.845. The molecule has 1 N–H and O–H groups in total. The number of benzene rings is 2. The smallest absolute Gasteiger partial charge is 0.225 e. The Labute approximate surface area is 140 Å². The number of amides is 1. The number of rotatable bonds is 6.